The summed E-state index contributed by atoms with van der Waals surface area (Å²) in [6.45, 7) is 0. The van der Waals surface area contributed by atoms with Crippen LogP contribution in [0.4, 0.5) is 0 Å². The van der Waals surface area contributed by atoms with Gasteiger partial charge in [-0.05, 0) is 23.7 Å². The van der Waals surface area contributed by atoms with Crippen molar-refractivity contribution in [3.63, 3.8) is 0 Å². The molecule has 0 bridgehead atoms. The van der Waals surface area contributed by atoms with Gasteiger partial charge in [-0.1, -0.05) is 6.07 Å². The highest BCUT2D eigenvalue weighted by Gasteiger charge is 2.11. The van der Waals surface area contributed by atoms with Crippen LogP contribution in [0.25, 0.3) is 10.1 Å². The maximum Gasteiger partial charge on any atom is 0.356 e. The zero-order chi connectivity index (χ0) is 9.42. The topological polar surface area (TPSA) is 47.3 Å². The van der Waals surface area contributed by atoms with E-state index in [1.165, 1.54) is 0 Å². The lowest BCUT2D eigenvalue weighted by molar-refractivity contribution is 0.108. The molecule has 0 aliphatic heterocycles. The van der Waals surface area contributed by atoms with E-state index in [9.17, 15) is 9.59 Å². The Morgan fingerprint density at radius 2 is 2.23 bits per heavy atom. The highest BCUT2D eigenvalue weighted by Crippen LogP contribution is 2.22. The average Bonchev–Trinajstić information content (AvgIpc) is 2.48. The largest absolute Gasteiger partial charge is 0.361 e. The molecule has 2 rings (SSSR count). The van der Waals surface area contributed by atoms with Gasteiger partial charge in [0, 0.05) is 11.6 Å². The molecule has 0 unspecified atom stereocenters. The van der Waals surface area contributed by atoms with Crippen molar-refractivity contribution in [3.05, 3.63) is 34.2 Å². The molecule has 0 saturated carbocycles. The van der Waals surface area contributed by atoms with Crippen molar-refractivity contribution in [2.45, 2.75) is 0 Å². The number of benzene rings is 1. The van der Waals surface area contributed by atoms with Crippen LogP contribution in [-0.2, 0) is 0 Å². The summed E-state index contributed by atoms with van der Waals surface area (Å²) >= 11 is 6.19. The number of rotatable bonds is 1. The van der Waals surface area contributed by atoms with Crippen LogP contribution in [-0.4, -0.2) is 5.24 Å². The van der Waals surface area contributed by atoms with Crippen LogP contribution in [0, 0.1) is 0 Å². The Hall–Kier alpha value is -1.13. The third-order valence-corrected chi connectivity index (χ3v) is 2.69. The number of carbonyl (C=O) groups is 1. The Balaban J connectivity index is 2.92. The predicted molar refractivity (Wildman–Crippen MR) is 50.5 cm³/mol. The second-order valence-corrected chi connectivity index (χ2v) is 3.49. The summed E-state index contributed by atoms with van der Waals surface area (Å²) in [6.07, 6.45) is 0. The molecule has 3 nitrogen and oxygen atoms in total. The van der Waals surface area contributed by atoms with E-state index in [0.29, 0.717) is 15.6 Å². The molecule has 0 aliphatic rings. The van der Waals surface area contributed by atoms with E-state index in [1.54, 1.807) is 18.2 Å². The zero-order valence-electron chi connectivity index (χ0n) is 6.24. The standard InChI is InChI=1S/C8H3ClO3S/c9-7(10)4-2-1-3-5-6(4)13-12-8(5)11/h1-3H. The predicted octanol–water partition coefficient (Wildman–Crippen LogP) is 2.23. The fraction of sp³-hybridized carbons (Fsp3) is 0. The van der Waals surface area contributed by atoms with Crippen LogP contribution in [0.1, 0.15) is 10.4 Å². The third-order valence-electron chi connectivity index (χ3n) is 1.65. The first-order chi connectivity index (χ1) is 6.20. The first kappa shape index (κ1) is 8.47. The van der Waals surface area contributed by atoms with Gasteiger partial charge in [0.15, 0.2) is 0 Å². The van der Waals surface area contributed by atoms with Crippen LogP contribution in [0.3, 0.4) is 0 Å². The minimum atomic E-state index is -0.581. The van der Waals surface area contributed by atoms with Crippen molar-refractivity contribution in [2.75, 3.05) is 0 Å². The maximum absolute atomic E-state index is 11.0. The van der Waals surface area contributed by atoms with Crippen LogP contribution in [0.5, 0.6) is 0 Å². The van der Waals surface area contributed by atoms with Gasteiger partial charge in [-0.15, -0.1) is 0 Å². The summed E-state index contributed by atoms with van der Waals surface area (Å²) in [4.78, 5) is 21.9. The third kappa shape index (κ3) is 1.28. The summed E-state index contributed by atoms with van der Waals surface area (Å²) < 4.78 is 5.19. The van der Waals surface area contributed by atoms with Crippen molar-refractivity contribution in [3.8, 4) is 0 Å². The molecule has 0 N–H and O–H groups in total. The number of halogens is 1. The Morgan fingerprint density at radius 3 is 2.92 bits per heavy atom. The number of hydrogen-bond donors (Lipinski definition) is 0. The minimum absolute atomic E-state index is 0.315. The molecule has 0 radical (unpaired) electrons. The van der Waals surface area contributed by atoms with Crippen molar-refractivity contribution in [1.29, 1.82) is 0 Å². The fourth-order valence-corrected chi connectivity index (χ4v) is 2.02. The molecule has 0 amide bonds. The molecule has 5 heteroatoms. The van der Waals surface area contributed by atoms with Crippen molar-refractivity contribution < 1.29 is 8.64 Å². The molecule has 0 saturated heterocycles. The molecular formula is C8H3ClO3S. The fourth-order valence-electron chi connectivity index (χ4n) is 1.07. The SMILES string of the molecule is O=C(Cl)c1cccc2c(=O)osc12. The van der Waals surface area contributed by atoms with Crippen molar-refractivity contribution in [1.82, 2.24) is 0 Å². The second kappa shape index (κ2) is 2.97. The van der Waals surface area contributed by atoms with E-state index >= 15 is 0 Å². The van der Waals surface area contributed by atoms with Gasteiger partial charge in [0.1, 0.15) is 0 Å². The van der Waals surface area contributed by atoms with E-state index in [1.807, 2.05) is 0 Å². The normalized spacial score (nSPS) is 10.5. The van der Waals surface area contributed by atoms with Crippen molar-refractivity contribution in [2.24, 2.45) is 0 Å². The van der Waals surface area contributed by atoms with E-state index in [0.717, 1.165) is 11.6 Å². The number of fused-ring (bicyclic) bond motifs is 1. The van der Waals surface area contributed by atoms with Gasteiger partial charge in [0.05, 0.1) is 15.6 Å². The highest BCUT2D eigenvalue weighted by molar-refractivity contribution is 7.11. The average molecular weight is 215 g/mol. The molecule has 0 fully saturated rings. The van der Waals surface area contributed by atoms with Gasteiger partial charge in [-0.2, -0.15) is 0 Å². The highest BCUT2D eigenvalue weighted by atomic mass is 35.5. The van der Waals surface area contributed by atoms with E-state index in [4.69, 9.17) is 11.6 Å². The van der Waals surface area contributed by atoms with E-state index < -0.39 is 10.9 Å². The van der Waals surface area contributed by atoms with Gasteiger partial charge in [0.2, 0.25) is 0 Å². The summed E-state index contributed by atoms with van der Waals surface area (Å²) in [7, 11) is 0. The van der Waals surface area contributed by atoms with Crippen LogP contribution in [0.2, 0.25) is 0 Å². The zero-order valence-corrected chi connectivity index (χ0v) is 7.82. The van der Waals surface area contributed by atoms with Gasteiger partial charge in [-0.3, -0.25) is 4.79 Å². The molecular weight excluding hydrogens is 212 g/mol. The molecule has 13 heavy (non-hydrogen) atoms. The molecule has 66 valence electrons. The Kier molecular flexibility index (Phi) is 1.94. The quantitative estimate of drug-likeness (QED) is 0.684. The second-order valence-electron chi connectivity index (χ2n) is 2.41. The molecule has 0 atom stereocenters. The Morgan fingerprint density at radius 1 is 1.46 bits per heavy atom. The number of carbonyl (C=O) groups excluding carboxylic acids is 1. The van der Waals surface area contributed by atoms with E-state index in [-0.39, 0.29) is 0 Å². The molecule has 1 heterocycles. The lowest BCUT2D eigenvalue weighted by Crippen LogP contribution is -1.93. The van der Waals surface area contributed by atoms with Gasteiger partial charge in [0.25, 0.3) is 5.24 Å². The molecule has 0 aliphatic carbocycles. The molecule has 0 spiro atoms. The smallest absolute Gasteiger partial charge is 0.356 e. The summed E-state index contributed by atoms with van der Waals surface area (Å²) in [6, 6.07) is 4.76. The molecule has 2 aromatic rings. The van der Waals surface area contributed by atoms with Gasteiger partial charge in [-0.25, -0.2) is 4.79 Å². The summed E-state index contributed by atoms with van der Waals surface area (Å²) in [5.74, 6) is 0. The molecule has 1 aromatic carbocycles. The Bertz CT molecular complexity index is 525. The Labute approximate surface area is 81.8 Å². The monoisotopic (exact) mass is 214 g/mol. The first-order valence-electron chi connectivity index (χ1n) is 3.42. The maximum atomic E-state index is 11.0. The summed E-state index contributed by atoms with van der Waals surface area (Å²) in [5.41, 5.74) is -0.116. The number of hydrogen-bond acceptors (Lipinski definition) is 4. The minimum Gasteiger partial charge on any atom is -0.361 e. The van der Waals surface area contributed by atoms with Crippen LogP contribution >= 0.6 is 23.2 Å². The summed E-state index contributed by atoms with van der Waals surface area (Å²) in [5, 5.41) is -0.181. The van der Waals surface area contributed by atoms with Gasteiger partial charge >= 0.3 is 5.63 Å². The van der Waals surface area contributed by atoms with E-state index in [2.05, 4.69) is 3.85 Å². The van der Waals surface area contributed by atoms with Crippen LogP contribution < -0.4 is 5.63 Å². The first-order valence-corrected chi connectivity index (χ1v) is 4.54. The molecule has 1 aromatic heterocycles. The van der Waals surface area contributed by atoms with Crippen molar-refractivity contribution >= 4 is 38.6 Å². The lowest BCUT2D eigenvalue weighted by Gasteiger charge is -1.91. The lowest BCUT2D eigenvalue weighted by atomic mass is 10.2. The van der Waals surface area contributed by atoms with Crippen LogP contribution in [0.15, 0.2) is 26.8 Å². The van der Waals surface area contributed by atoms with Gasteiger partial charge < -0.3 is 3.85 Å².